The van der Waals surface area contributed by atoms with Gasteiger partial charge < -0.3 is 14.6 Å². The van der Waals surface area contributed by atoms with Gasteiger partial charge >= 0.3 is 5.97 Å². The van der Waals surface area contributed by atoms with E-state index in [0.717, 1.165) is 0 Å². The number of methoxy groups -OCH3 is 1. The number of ether oxygens (including phenoxy) is 2. The molecule has 1 aromatic heterocycles. The first-order chi connectivity index (χ1) is 12.5. The highest BCUT2D eigenvalue weighted by Gasteiger charge is 2.40. The Morgan fingerprint density at radius 3 is 2.31 bits per heavy atom. The fourth-order valence-electron chi connectivity index (χ4n) is 2.43. The highest BCUT2D eigenvalue weighted by molar-refractivity contribution is 6.30. The number of carbonyl (C=O) groups is 1. The molecule has 3 aromatic rings. The number of aliphatic hydroxyl groups is 1. The molecular formula is C18H16ClN3O4. The maximum absolute atomic E-state index is 12.2. The second-order valence-electron chi connectivity index (χ2n) is 5.53. The van der Waals surface area contributed by atoms with Crippen molar-refractivity contribution in [1.82, 2.24) is 14.8 Å². The van der Waals surface area contributed by atoms with Crippen LogP contribution in [-0.2, 0) is 21.7 Å². The Morgan fingerprint density at radius 1 is 1.15 bits per heavy atom. The molecule has 0 amide bonds. The molecule has 0 aliphatic heterocycles. The molecule has 26 heavy (non-hydrogen) atoms. The van der Waals surface area contributed by atoms with Crippen LogP contribution < -0.4 is 4.74 Å². The zero-order valence-corrected chi connectivity index (χ0v) is 14.6. The summed E-state index contributed by atoms with van der Waals surface area (Å²) in [6.45, 7) is -0.128. The number of hydrogen-bond donors (Lipinski definition) is 1. The van der Waals surface area contributed by atoms with E-state index in [4.69, 9.17) is 21.1 Å². The molecule has 0 aliphatic rings. The lowest BCUT2D eigenvalue weighted by Gasteiger charge is -2.25. The number of halogens is 1. The number of esters is 1. The fourth-order valence-corrected chi connectivity index (χ4v) is 2.55. The molecule has 1 N–H and O–H groups in total. The summed E-state index contributed by atoms with van der Waals surface area (Å²) in [6, 6.07) is 13.4. The van der Waals surface area contributed by atoms with Crippen LogP contribution in [0.25, 0.3) is 0 Å². The minimum Gasteiger partial charge on any atom is -0.467 e. The SMILES string of the molecule is COC(=O)C(O)(Cn1cncn1)c1ccc(Oc2ccc(Cl)cc2)cc1. The van der Waals surface area contributed by atoms with Crippen molar-refractivity contribution >= 4 is 17.6 Å². The number of carbonyl (C=O) groups excluding carboxylic acids is 1. The van der Waals surface area contributed by atoms with Crippen LogP contribution in [0.3, 0.4) is 0 Å². The number of nitrogens with zero attached hydrogens (tertiary/aromatic N) is 3. The first-order valence-corrected chi connectivity index (χ1v) is 8.06. The van der Waals surface area contributed by atoms with E-state index >= 15 is 0 Å². The molecule has 0 saturated heterocycles. The van der Waals surface area contributed by atoms with Gasteiger partial charge in [-0.1, -0.05) is 23.7 Å². The molecule has 3 rings (SSSR count). The topological polar surface area (TPSA) is 86.5 Å². The second-order valence-corrected chi connectivity index (χ2v) is 5.96. The molecule has 1 unspecified atom stereocenters. The lowest BCUT2D eigenvalue weighted by Crippen LogP contribution is -2.41. The van der Waals surface area contributed by atoms with Gasteiger partial charge in [-0.3, -0.25) is 0 Å². The maximum atomic E-state index is 12.2. The van der Waals surface area contributed by atoms with E-state index in [1.807, 2.05) is 0 Å². The van der Waals surface area contributed by atoms with Crippen molar-refractivity contribution in [3.8, 4) is 11.5 Å². The van der Waals surface area contributed by atoms with Crippen molar-refractivity contribution in [1.29, 1.82) is 0 Å². The van der Waals surface area contributed by atoms with Crippen molar-refractivity contribution < 1.29 is 19.4 Å². The minimum atomic E-state index is -1.90. The predicted octanol–water partition coefficient (Wildman–Crippen LogP) is 2.78. The normalized spacial score (nSPS) is 13.0. The number of aromatic nitrogens is 3. The van der Waals surface area contributed by atoms with Crippen LogP contribution in [0.15, 0.2) is 61.2 Å². The van der Waals surface area contributed by atoms with Crippen LogP contribution in [0.5, 0.6) is 11.5 Å². The quantitative estimate of drug-likeness (QED) is 0.668. The maximum Gasteiger partial charge on any atom is 0.344 e. The summed E-state index contributed by atoms with van der Waals surface area (Å²) in [5.41, 5.74) is -1.55. The largest absolute Gasteiger partial charge is 0.467 e. The summed E-state index contributed by atoms with van der Waals surface area (Å²) >= 11 is 5.85. The van der Waals surface area contributed by atoms with Crippen LogP contribution in [0.1, 0.15) is 5.56 Å². The Bertz CT molecular complexity index is 866. The smallest absolute Gasteiger partial charge is 0.344 e. The zero-order chi connectivity index (χ0) is 18.6. The van der Waals surface area contributed by atoms with Crippen molar-refractivity contribution in [2.24, 2.45) is 0 Å². The predicted molar refractivity (Wildman–Crippen MR) is 93.9 cm³/mol. The van der Waals surface area contributed by atoms with Crippen LogP contribution >= 0.6 is 11.6 Å². The van der Waals surface area contributed by atoms with Crippen LogP contribution in [0.2, 0.25) is 5.02 Å². The molecule has 0 spiro atoms. The van der Waals surface area contributed by atoms with Crippen LogP contribution in [0.4, 0.5) is 0 Å². The highest BCUT2D eigenvalue weighted by Crippen LogP contribution is 2.29. The lowest BCUT2D eigenvalue weighted by molar-refractivity contribution is -0.165. The molecule has 1 atom stereocenters. The first kappa shape index (κ1) is 17.9. The van der Waals surface area contributed by atoms with Gasteiger partial charge in [-0.15, -0.1) is 0 Å². The third kappa shape index (κ3) is 3.84. The first-order valence-electron chi connectivity index (χ1n) is 7.68. The lowest BCUT2D eigenvalue weighted by atomic mass is 9.93. The minimum absolute atomic E-state index is 0.128. The third-order valence-corrected chi connectivity index (χ3v) is 4.01. The van der Waals surface area contributed by atoms with E-state index < -0.39 is 11.6 Å². The molecule has 0 radical (unpaired) electrons. The van der Waals surface area contributed by atoms with E-state index in [1.165, 1.54) is 24.4 Å². The average Bonchev–Trinajstić information content (AvgIpc) is 3.16. The number of hydrogen-bond acceptors (Lipinski definition) is 6. The van der Waals surface area contributed by atoms with Crippen molar-refractivity contribution in [3.63, 3.8) is 0 Å². The van der Waals surface area contributed by atoms with E-state index in [9.17, 15) is 9.90 Å². The molecule has 1 heterocycles. The van der Waals surface area contributed by atoms with Gasteiger partial charge in [0, 0.05) is 5.02 Å². The molecule has 134 valence electrons. The van der Waals surface area contributed by atoms with Gasteiger partial charge in [0.1, 0.15) is 24.2 Å². The molecule has 8 heteroatoms. The van der Waals surface area contributed by atoms with Gasteiger partial charge in [-0.05, 0) is 42.0 Å². The summed E-state index contributed by atoms with van der Waals surface area (Å²) in [7, 11) is 1.21. The summed E-state index contributed by atoms with van der Waals surface area (Å²) in [6.07, 6.45) is 2.73. The summed E-state index contributed by atoms with van der Waals surface area (Å²) in [4.78, 5) is 16.0. The van der Waals surface area contributed by atoms with Gasteiger partial charge in [-0.2, -0.15) is 5.10 Å². The molecular weight excluding hydrogens is 358 g/mol. The second kappa shape index (κ2) is 7.55. The van der Waals surface area contributed by atoms with Crippen molar-refractivity contribution in [2.75, 3.05) is 7.11 Å². The summed E-state index contributed by atoms with van der Waals surface area (Å²) < 4.78 is 11.8. The van der Waals surface area contributed by atoms with Gasteiger partial charge in [-0.25, -0.2) is 14.5 Å². The van der Waals surface area contributed by atoms with E-state index in [1.54, 1.807) is 48.5 Å². The Labute approximate surface area is 154 Å². The highest BCUT2D eigenvalue weighted by atomic mass is 35.5. The molecule has 0 saturated carbocycles. The third-order valence-electron chi connectivity index (χ3n) is 3.76. The summed E-state index contributed by atoms with van der Waals surface area (Å²) in [5.74, 6) is 0.372. The van der Waals surface area contributed by atoms with Crippen molar-refractivity contribution in [3.05, 3.63) is 71.8 Å². The van der Waals surface area contributed by atoms with Crippen molar-refractivity contribution in [2.45, 2.75) is 12.1 Å². The Balaban J connectivity index is 1.83. The summed E-state index contributed by atoms with van der Waals surface area (Å²) in [5, 5.41) is 15.5. The van der Waals surface area contributed by atoms with Crippen LogP contribution in [-0.4, -0.2) is 33.0 Å². The molecule has 0 aliphatic carbocycles. The molecule has 0 bridgehead atoms. The van der Waals surface area contributed by atoms with Gasteiger partial charge in [0.2, 0.25) is 5.60 Å². The monoisotopic (exact) mass is 373 g/mol. The Morgan fingerprint density at radius 2 is 1.77 bits per heavy atom. The van der Waals surface area contributed by atoms with Crippen LogP contribution in [0, 0.1) is 0 Å². The Hall–Kier alpha value is -2.90. The number of benzene rings is 2. The molecule has 0 fully saturated rings. The van der Waals surface area contributed by atoms with Gasteiger partial charge in [0.15, 0.2) is 0 Å². The molecule has 7 nitrogen and oxygen atoms in total. The average molecular weight is 374 g/mol. The van der Waals surface area contributed by atoms with Gasteiger partial charge in [0.25, 0.3) is 0 Å². The molecule has 2 aromatic carbocycles. The van der Waals surface area contributed by atoms with Gasteiger partial charge in [0.05, 0.1) is 13.7 Å². The van der Waals surface area contributed by atoms with E-state index in [-0.39, 0.29) is 6.54 Å². The fraction of sp³-hybridized carbons (Fsp3) is 0.167. The number of rotatable bonds is 6. The van der Waals surface area contributed by atoms with E-state index in [2.05, 4.69) is 10.1 Å². The standard InChI is InChI=1S/C18H16ClN3O4/c1-25-17(23)18(24,10-22-12-20-11-21-22)13-2-6-15(7-3-13)26-16-8-4-14(19)5-9-16/h2-9,11-12,24H,10H2,1H3. The van der Waals surface area contributed by atoms with E-state index in [0.29, 0.717) is 22.1 Å². The Kier molecular flexibility index (Phi) is 5.20. The zero-order valence-electron chi connectivity index (χ0n) is 13.9.